The van der Waals surface area contributed by atoms with Crippen LogP contribution in [0.3, 0.4) is 0 Å². The summed E-state index contributed by atoms with van der Waals surface area (Å²) in [6.07, 6.45) is 1.54. The van der Waals surface area contributed by atoms with Gasteiger partial charge in [-0.2, -0.15) is 0 Å². The number of Topliss-reactive ketones (excluding diaryl/α,β-unsaturated/α-hetero) is 1. The van der Waals surface area contributed by atoms with Gasteiger partial charge in [-0.15, -0.1) is 0 Å². The van der Waals surface area contributed by atoms with Crippen molar-refractivity contribution in [2.75, 3.05) is 6.61 Å². The molecule has 1 aliphatic carbocycles. The number of benzene rings is 1. The fraction of sp³-hybridized carbons (Fsp3) is 0.524. The molecular formula is C21H26N2O7. The fourth-order valence-electron chi connectivity index (χ4n) is 3.96. The summed E-state index contributed by atoms with van der Waals surface area (Å²) in [7, 11) is 0. The SMILES string of the molecule is O=C(O)CC(NC(=O)OCc1ccccc1)C(=O)COC1C(=O)NC2CCCCC21. The molecular weight excluding hydrogens is 392 g/mol. The summed E-state index contributed by atoms with van der Waals surface area (Å²) in [5, 5.41) is 14.3. The van der Waals surface area contributed by atoms with Gasteiger partial charge in [0.25, 0.3) is 0 Å². The van der Waals surface area contributed by atoms with Crippen LogP contribution >= 0.6 is 0 Å². The third-order valence-corrected chi connectivity index (χ3v) is 5.47. The van der Waals surface area contributed by atoms with E-state index in [1.54, 1.807) is 24.3 Å². The highest BCUT2D eigenvalue weighted by atomic mass is 16.5. The van der Waals surface area contributed by atoms with Crippen molar-refractivity contribution in [2.24, 2.45) is 5.92 Å². The average molecular weight is 418 g/mol. The molecule has 4 unspecified atom stereocenters. The Balaban J connectivity index is 1.52. The van der Waals surface area contributed by atoms with Gasteiger partial charge >= 0.3 is 12.1 Å². The van der Waals surface area contributed by atoms with E-state index in [4.69, 9.17) is 14.6 Å². The summed E-state index contributed by atoms with van der Waals surface area (Å²) in [6, 6.07) is 7.70. The van der Waals surface area contributed by atoms with Crippen molar-refractivity contribution >= 4 is 23.8 Å². The number of carbonyl (C=O) groups excluding carboxylic acids is 3. The number of alkyl carbamates (subject to hydrolysis) is 1. The summed E-state index contributed by atoms with van der Waals surface area (Å²) in [5.41, 5.74) is 0.756. The van der Waals surface area contributed by atoms with E-state index in [-0.39, 0.29) is 24.5 Å². The number of fused-ring (bicyclic) bond motifs is 1. The van der Waals surface area contributed by atoms with Gasteiger partial charge in [-0.05, 0) is 18.4 Å². The molecule has 2 fully saturated rings. The average Bonchev–Trinajstić information content (AvgIpc) is 3.05. The normalized spacial score (nSPS) is 23.7. The first kappa shape index (κ1) is 21.8. The molecule has 1 saturated heterocycles. The second-order valence-electron chi connectivity index (χ2n) is 7.62. The lowest BCUT2D eigenvalue weighted by Crippen LogP contribution is -2.45. The van der Waals surface area contributed by atoms with Gasteiger partial charge in [-0.25, -0.2) is 4.79 Å². The lowest BCUT2D eigenvalue weighted by Gasteiger charge is -2.27. The van der Waals surface area contributed by atoms with E-state index >= 15 is 0 Å². The molecule has 9 heteroatoms. The third kappa shape index (κ3) is 5.79. The van der Waals surface area contributed by atoms with Crippen LogP contribution in [0.5, 0.6) is 0 Å². The Labute approximate surface area is 174 Å². The first-order valence-electron chi connectivity index (χ1n) is 10.1. The van der Waals surface area contributed by atoms with Crippen molar-refractivity contribution in [2.45, 2.75) is 56.9 Å². The first-order valence-corrected chi connectivity index (χ1v) is 10.1. The molecule has 0 aromatic heterocycles. The maximum absolute atomic E-state index is 12.5. The molecule has 1 aromatic carbocycles. The van der Waals surface area contributed by atoms with Gasteiger partial charge in [0.05, 0.1) is 6.42 Å². The number of ketones is 1. The molecule has 1 saturated carbocycles. The van der Waals surface area contributed by atoms with E-state index in [1.807, 2.05) is 6.07 Å². The number of hydrogen-bond donors (Lipinski definition) is 3. The zero-order valence-corrected chi connectivity index (χ0v) is 16.5. The first-order chi connectivity index (χ1) is 14.4. The molecule has 162 valence electrons. The van der Waals surface area contributed by atoms with Crippen molar-refractivity contribution in [1.29, 1.82) is 0 Å². The molecule has 2 aliphatic rings. The van der Waals surface area contributed by atoms with Crippen molar-refractivity contribution in [3.05, 3.63) is 35.9 Å². The second kappa shape index (κ2) is 10.2. The summed E-state index contributed by atoms with van der Waals surface area (Å²) in [6.45, 7) is -0.472. The van der Waals surface area contributed by atoms with E-state index in [0.29, 0.717) is 0 Å². The largest absolute Gasteiger partial charge is 0.481 e. The number of carboxylic acids is 1. The molecule has 30 heavy (non-hydrogen) atoms. The predicted octanol–water partition coefficient (Wildman–Crippen LogP) is 1.40. The standard InChI is InChI=1S/C21H26N2O7/c24-17(12-29-19-14-8-4-5-9-15(14)22-20(19)27)16(10-18(25)26)23-21(28)30-11-13-6-2-1-3-7-13/h1-3,6-7,14-16,19H,4-5,8-12H2,(H,22,27)(H,23,28)(H,25,26). The maximum atomic E-state index is 12.5. The Morgan fingerprint density at radius 2 is 1.90 bits per heavy atom. The van der Waals surface area contributed by atoms with Crippen LogP contribution in [0.2, 0.25) is 0 Å². The predicted molar refractivity (Wildman–Crippen MR) is 104 cm³/mol. The number of nitrogens with one attached hydrogen (secondary N) is 2. The number of rotatable bonds is 9. The minimum atomic E-state index is -1.31. The van der Waals surface area contributed by atoms with E-state index < -0.39 is 43.0 Å². The van der Waals surface area contributed by atoms with Crippen LogP contribution in [0.4, 0.5) is 4.79 Å². The lowest BCUT2D eigenvalue weighted by molar-refractivity contribution is -0.142. The summed E-state index contributed by atoms with van der Waals surface area (Å²) >= 11 is 0. The molecule has 1 aliphatic heterocycles. The van der Waals surface area contributed by atoms with Crippen molar-refractivity contribution in [1.82, 2.24) is 10.6 Å². The smallest absolute Gasteiger partial charge is 0.408 e. The molecule has 0 spiro atoms. The number of aliphatic carboxylic acids is 1. The highest BCUT2D eigenvalue weighted by Gasteiger charge is 2.44. The number of hydrogen-bond acceptors (Lipinski definition) is 6. The third-order valence-electron chi connectivity index (χ3n) is 5.47. The van der Waals surface area contributed by atoms with Crippen LogP contribution in [0.25, 0.3) is 0 Å². The molecule has 1 aromatic rings. The molecule has 0 radical (unpaired) electrons. The Kier molecular flexibility index (Phi) is 7.40. The minimum absolute atomic E-state index is 0.0114. The minimum Gasteiger partial charge on any atom is -0.481 e. The number of amides is 2. The van der Waals surface area contributed by atoms with Gasteiger partial charge in [0.15, 0.2) is 5.78 Å². The van der Waals surface area contributed by atoms with E-state index in [2.05, 4.69) is 10.6 Å². The zero-order chi connectivity index (χ0) is 21.5. The van der Waals surface area contributed by atoms with Gasteiger partial charge in [0, 0.05) is 12.0 Å². The van der Waals surface area contributed by atoms with E-state index in [9.17, 15) is 19.2 Å². The molecule has 3 rings (SSSR count). The van der Waals surface area contributed by atoms with E-state index in [0.717, 1.165) is 31.2 Å². The van der Waals surface area contributed by atoms with Crippen LogP contribution in [0.1, 0.15) is 37.7 Å². The topological polar surface area (TPSA) is 131 Å². The van der Waals surface area contributed by atoms with Crippen molar-refractivity contribution < 1.29 is 33.8 Å². The van der Waals surface area contributed by atoms with Crippen molar-refractivity contribution in [3.63, 3.8) is 0 Å². The van der Waals surface area contributed by atoms with Gasteiger partial charge in [0.2, 0.25) is 5.91 Å². The highest BCUT2D eigenvalue weighted by molar-refractivity contribution is 5.92. The fourth-order valence-corrected chi connectivity index (χ4v) is 3.96. The molecule has 2 amide bonds. The lowest BCUT2D eigenvalue weighted by atomic mass is 9.84. The van der Waals surface area contributed by atoms with Crippen LogP contribution in [0, 0.1) is 5.92 Å². The van der Waals surface area contributed by atoms with Gasteiger partial charge in [0.1, 0.15) is 25.4 Å². The monoisotopic (exact) mass is 418 g/mol. The zero-order valence-electron chi connectivity index (χ0n) is 16.5. The summed E-state index contributed by atoms with van der Waals surface area (Å²) < 4.78 is 10.6. The van der Waals surface area contributed by atoms with Gasteiger partial charge in [-0.3, -0.25) is 14.4 Å². The Hall–Kier alpha value is -2.94. The molecule has 9 nitrogen and oxygen atoms in total. The molecule has 0 bridgehead atoms. The summed E-state index contributed by atoms with van der Waals surface area (Å²) in [4.78, 5) is 47.8. The van der Waals surface area contributed by atoms with Crippen LogP contribution in [-0.2, 0) is 30.5 Å². The quantitative estimate of drug-likeness (QED) is 0.552. The Bertz CT molecular complexity index is 783. The second-order valence-corrected chi connectivity index (χ2v) is 7.62. The maximum Gasteiger partial charge on any atom is 0.408 e. The Morgan fingerprint density at radius 1 is 1.17 bits per heavy atom. The summed E-state index contributed by atoms with van der Waals surface area (Å²) in [5.74, 6) is -2.10. The van der Waals surface area contributed by atoms with Crippen LogP contribution in [0.15, 0.2) is 30.3 Å². The molecule has 1 heterocycles. The number of carboxylic acid groups (broad SMARTS) is 1. The van der Waals surface area contributed by atoms with E-state index in [1.165, 1.54) is 0 Å². The molecule has 3 N–H and O–H groups in total. The highest BCUT2D eigenvalue weighted by Crippen LogP contribution is 2.33. The van der Waals surface area contributed by atoms with Gasteiger partial charge in [-0.1, -0.05) is 43.2 Å². The number of carbonyl (C=O) groups is 4. The number of ether oxygens (including phenoxy) is 2. The molecule has 4 atom stereocenters. The van der Waals surface area contributed by atoms with Gasteiger partial charge < -0.3 is 25.2 Å². The van der Waals surface area contributed by atoms with Crippen molar-refractivity contribution in [3.8, 4) is 0 Å². The van der Waals surface area contributed by atoms with Crippen LogP contribution in [-0.4, -0.2) is 53.7 Å². The Morgan fingerprint density at radius 3 is 2.63 bits per heavy atom. The van der Waals surface area contributed by atoms with Crippen LogP contribution < -0.4 is 10.6 Å².